The number of nitrogens with zero attached hydrogens (tertiary/aromatic N) is 3. The van der Waals surface area contributed by atoms with Gasteiger partial charge in [-0.3, -0.25) is 15.4 Å². The molecule has 2 heterocycles. The molecule has 1 unspecified atom stereocenters. The zero-order valence-electron chi connectivity index (χ0n) is 6.81. The van der Waals surface area contributed by atoms with Crippen LogP contribution >= 0.6 is 0 Å². The van der Waals surface area contributed by atoms with Gasteiger partial charge in [0.15, 0.2) is 17.8 Å². The van der Waals surface area contributed by atoms with E-state index in [-0.39, 0.29) is 11.5 Å². The van der Waals surface area contributed by atoms with Gasteiger partial charge in [0.05, 0.1) is 0 Å². The lowest BCUT2D eigenvalue weighted by atomic mass is 10.3. The van der Waals surface area contributed by atoms with Crippen molar-refractivity contribution in [2.45, 2.75) is 6.29 Å². The Hall–Kier alpha value is -1.76. The van der Waals surface area contributed by atoms with Crippen LogP contribution in [0.5, 0.6) is 0 Å². The van der Waals surface area contributed by atoms with E-state index >= 15 is 0 Å². The number of nitrogens with one attached hydrogen (secondary N) is 1. The second kappa shape index (κ2) is 2.36. The van der Waals surface area contributed by atoms with E-state index in [1.54, 1.807) is 0 Å². The van der Waals surface area contributed by atoms with Crippen molar-refractivity contribution in [3.63, 3.8) is 0 Å². The third-order valence-corrected chi connectivity index (χ3v) is 1.78. The van der Waals surface area contributed by atoms with Crippen LogP contribution in [-0.4, -0.2) is 41.7 Å². The van der Waals surface area contributed by atoms with Gasteiger partial charge in [-0.1, -0.05) is 0 Å². The first-order chi connectivity index (χ1) is 6.09. The van der Waals surface area contributed by atoms with Gasteiger partial charge in [-0.15, -0.1) is 0 Å². The number of urea groups is 1. The Labute approximate surface area is 73.3 Å². The smallest absolute Gasteiger partial charge is 0.316 e. The molecule has 13 heavy (non-hydrogen) atoms. The first-order valence-electron chi connectivity index (χ1n) is 3.60. The summed E-state index contributed by atoms with van der Waals surface area (Å²) < 4.78 is 0. The zero-order chi connectivity index (χ0) is 9.59. The van der Waals surface area contributed by atoms with Crippen molar-refractivity contribution in [2.24, 2.45) is 15.7 Å². The van der Waals surface area contributed by atoms with E-state index in [0.717, 1.165) is 0 Å². The molecule has 0 aliphatic carbocycles. The van der Waals surface area contributed by atoms with Crippen LogP contribution < -0.4 is 11.1 Å². The van der Waals surface area contributed by atoms with Crippen LogP contribution in [0.2, 0.25) is 0 Å². The molecule has 68 valence electrons. The lowest BCUT2D eigenvalue weighted by Gasteiger charge is -2.18. The summed E-state index contributed by atoms with van der Waals surface area (Å²) in [5.74, 6) is -0.226. The van der Waals surface area contributed by atoms with Crippen molar-refractivity contribution >= 4 is 23.5 Å². The standard InChI is InChI=1S/C6H7N5O2/c1-11-3-2(8-6(11)13)4(12)10-5(7)9-3/h5H,7H2,1H3,(H,10,12). The molecule has 2 aliphatic rings. The van der Waals surface area contributed by atoms with E-state index in [1.165, 1.54) is 11.9 Å². The predicted octanol–water partition coefficient (Wildman–Crippen LogP) is -1.74. The van der Waals surface area contributed by atoms with E-state index in [0.29, 0.717) is 0 Å². The van der Waals surface area contributed by atoms with Crippen LogP contribution in [0.15, 0.2) is 9.98 Å². The molecule has 2 aliphatic heterocycles. The topological polar surface area (TPSA) is 100 Å². The van der Waals surface area contributed by atoms with Crippen molar-refractivity contribution in [1.82, 2.24) is 10.2 Å². The Bertz CT molecular complexity index is 358. The van der Waals surface area contributed by atoms with E-state index < -0.39 is 18.2 Å². The van der Waals surface area contributed by atoms with Crippen molar-refractivity contribution < 1.29 is 9.59 Å². The number of hydrogen-bond donors (Lipinski definition) is 2. The largest absolute Gasteiger partial charge is 0.349 e. The summed E-state index contributed by atoms with van der Waals surface area (Å²) in [4.78, 5) is 30.8. The maximum Gasteiger partial charge on any atom is 0.349 e. The predicted molar refractivity (Wildman–Crippen MR) is 44.1 cm³/mol. The minimum atomic E-state index is -0.796. The molecule has 0 saturated carbocycles. The van der Waals surface area contributed by atoms with E-state index in [9.17, 15) is 9.59 Å². The Morgan fingerprint density at radius 2 is 2.23 bits per heavy atom. The lowest BCUT2D eigenvalue weighted by Crippen LogP contribution is -2.52. The maximum absolute atomic E-state index is 11.2. The molecule has 0 aromatic rings. The molecule has 0 bridgehead atoms. The van der Waals surface area contributed by atoms with Gasteiger partial charge in [0.2, 0.25) is 0 Å². The molecule has 7 heteroatoms. The van der Waals surface area contributed by atoms with Crippen LogP contribution in [0.4, 0.5) is 4.79 Å². The first kappa shape index (κ1) is 7.87. The van der Waals surface area contributed by atoms with Crippen molar-refractivity contribution in [2.75, 3.05) is 7.05 Å². The van der Waals surface area contributed by atoms with Crippen molar-refractivity contribution in [1.29, 1.82) is 0 Å². The minimum absolute atomic E-state index is 0.0363. The van der Waals surface area contributed by atoms with Gasteiger partial charge in [-0.25, -0.2) is 9.79 Å². The fraction of sp³-hybridized carbons (Fsp3) is 0.333. The lowest BCUT2D eigenvalue weighted by molar-refractivity contribution is -0.115. The molecule has 0 saturated heterocycles. The number of carbonyl (C=O) groups excluding carboxylic acids is 2. The number of amides is 3. The first-order valence-corrected chi connectivity index (χ1v) is 3.60. The van der Waals surface area contributed by atoms with Gasteiger partial charge in [-0.2, -0.15) is 4.99 Å². The molecular weight excluding hydrogens is 174 g/mol. The molecule has 1 atom stereocenters. The summed E-state index contributed by atoms with van der Waals surface area (Å²) in [6.45, 7) is 0. The Morgan fingerprint density at radius 3 is 2.92 bits per heavy atom. The van der Waals surface area contributed by atoms with E-state index in [1.807, 2.05) is 0 Å². The summed E-state index contributed by atoms with van der Waals surface area (Å²) in [5, 5.41) is 2.33. The summed E-state index contributed by atoms with van der Waals surface area (Å²) >= 11 is 0. The SMILES string of the molecule is CN1C(=O)N=C2C(=O)NC(N)N=C21. The average molecular weight is 181 g/mol. The van der Waals surface area contributed by atoms with Crippen LogP contribution in [0.1, 0.15) is 0 Å². The van der Waals surface area contributed by atoms with Crippen molar-refractivity contribution in [3.8, 4) is 0 Å². The molecule has 2 rings (SSSR count). The third kappa shape index (κ3) is 1.01. The van der Waals surface area contributed by atoms with Crippen LogP contribution in [0, 0.1) is 0 Å². The highest BCUT2D eigenvalue weighted by atomic mass is 16.2. The second-order valence-electron chi connectivity index (χ2n) is 2.67. The van der Waals surface area contributed by atoms with E-state index in [4.69, 9.17) is 5.73 Å². The fourth-order valence-electron chi connectivity index (χ4n) is 1.14. The molecule has 0 radical (unpaired) electrons. The van der Waals surface area contributed by atoms with Crippen LogP contribution in [-0.2, 0) is 4.79 Å². The summed E-state index contributed by atoms with van der Waals surface area (Å²) in [6.07, 6.45) is -0.796. The van der Waals surface area contributed by atoms with Gasteiger partial charge < -0.3 is 5.32 Å². The van der Waals surface area contributed by atoms with Crippen LogP contribution in [0.25, 0.3) is 0 Å². The summed E-state index contributed by atoms with van der Waals surface area (Å²) in [6, 6.07) is -0.502. The average Bonchev–Trinajstić information content (AvgIpc) is 2.32. The number of fused-ring (bicyclic) bond motifs is 1. The molecule has 7 nitrogen and oxygen atoms in total. The number of nitrogens with two attached hydrogens (primary N) is 1. The minimum Gasteiger partial charge on any atom is -0.316 e. The quantitative estimate of drug-likeness (QED) is 0.464. The Balaban J connectivity index is 2.49. The maximum atomic E-state index is 11.2. The highest BCUT2D eigenvalue weighted by molar-refractivity contribution is 6.70. The van der Waals surface area contributed by atoms with Crippen LogP contribution in [0.3, 0.4) is 0 Å². The highest BCUT2D eigenvalue weighted by Gasteiger charge is 2.36. The monoisotopic (exact) mass is 181 g/mol. The molecule has 0 aromatic heterocycles. The Morgan fingerprint density at radius 1 is 1.54 bits per heavy atom. The molecule has 0 spiro atoms. The number of aliphatic imine (C=N–C) groups is 2. The molecule has 0 aromatic carbocycles. The number of rotatable bonds is 0. The summed E-state index contributed by atoms with van der Waals surface area (Å²) in [5.41, 5.74) is 5.41. The van der Waals surface area contributed by atoms with Crippen molar-refractivity contribution in [3.05, 3.63) is 0 Å². The highest BCUT2D eigenvalue weighted by Crippen LogP contribution is 2.09. The molecular formula is C6H7N5O2. The van der Waals surface area contributed by atoms with Gasteiger partial charge in [-0.05, 0) is 0 Å². The normalized spacial score (nSPS) is 26.6. The number of amidine groups is 1. The van der Waals surface area contributed by atoms with E-state index in [2.05, 4.69) is 15.3 Å². The summed E-state index contributed by atoms with van der Waals surface area (Å²) in [7, 11) is 1.49. The van der Waals surface area contributed by atoms with Gasteiger partial charge in [0.1, 0.15) is 0 Å². The number of hydrogen-bond acceptors (Lipinski definition) is 4. The molecule has 3 N–H and O–H groups in total. The fourth-order valence-corrected chi connectivity index (χ4v) is 1.14. The number of carbonyl (C=O) groups is 2. The molecule has 3 amide bonds. The second-order valence-corrected chi connectivity index (χ2v) is 2.67. The molecule has 0 fully saturated rings. The third-order valence-electron chi connectivity index (χ3n) is 1.78. The Kier molecular flexibility index (Phi) is 1.43. The zero-order valence-corrected chi connectivity index (χ0v) is 6.81. The van der Waals surface area contributed by atoms with Gasteiger partial charge in [0.25, 0.3) is 5.91 Å². The van der Waals surface area contributed by atoms with Gasteiger partial charge >= 0.3 is 6.03 Å². The van der Waals surface area contributed by atoms with Gasteiger partial charge in [0, 0.05) is 7.05 Å².